The molecule has 1 atom stereocenters. The lowest BCUT2D eigenvalue weighted by atomic mass is 9.94. The van der Waals surface area contributed by atoms with Crippen LogP contribution < -0.4 is 20.7 Å². The average Bonchev–Trinajstić information content (AvgIpc) is 3.56. The molecule has 3 N–H and O–H groups in total. The van der Waals surface area contributed by atoms with Crippen LogP contribution in [0.2, 0.25) is 0 Å². The first-order valence-electron chi connectivity index (χ1n) is 14.9. The number of anilines is 1. The quantitative estimate of drug-likeness (QED) is 0.103. The maximum Gasteiger partial charge on any atom is 0.313 e. The molecule has 1 fully saturated rings. The summed E-state index contributed by atoms with van der Waals surface area (Å²) in [7, 11) is 0. The fourth-order valence-corrected chi connectivity index (χ4v) is 5.05. The number of esters is 1. The van der Waals surface area contributed by atoms with E-state index in [0.717, 1.165) is 18.2 Å². The molecular weight excluding hydrogens is 664 g/mol. The van der Waals surface area contributed by atoms with E-state index in [1.807, 2.05) is 0 Å². The van der Waals surface area contributed by atoms with E-state index in [9.17, 15) is 50.3 Å². The van der Waals surface area contributed by atoms with Crippen LogP contribution in [0.3, 0.4) is 0 Å². The summed E-state index contributed by atoms with van der Waals surface area (Å²) < 4.78 is 93.6. The van der Waals surface area contributed by atoms with Gasteiger partial charge in [-0.2, -0.15) is 8.78 Å². The molecule has 0 saturated heterocycles. The van der Waals surface area contributed by atoms with Crippen molar-refractivity contribution in [1.29, 1.82) is 0 Å². The van der Waals surface area contributed by atoms with E-state index in [1.54, 1.807) is 35.6 Å². The van der Waals surface area contributed by atoms with Gasteiger partial charge in [0.05, 0.1) is 6.04 Å². The van der Waals surface area contributed by atoms with Crippen molar-refractivity contribution in [2.24, 2.45) is 0 Å². The minimum Gasteiger partial charge on any atom is -0.479 e. The van der Waals surface area contributed by atoms with Crippen molar-refractivity contribution in [2.45, 2.75) is 56.7 Å². The van der Waals surface area contributed by atoms with Gasteiger partial charge in [-0.1, -0.05) is 49.2 Å². The van der Waals surface area contributed by atoms with Crippen molar-refractivity contribution in [2.75, 3.05) is 11.9 Å². The van der Waals surface area contributed by atoms with E-state index in [0.29, 0.717) is 18.4 Å². The predicted molar refractivity (Wildman–Crippen MR) is 159 cm³/mol. The van der Waals surface area contributed by atoms with Gasteiger partial charge in [0.25, 0.3) is 0 Å². The summed E-state index contributed by atoms with van der Waals surface area (Å²) in [5.74, 6) is -17.1. The fourth-order valence-electron chi connectivity index (χ4n) is 5.05. The van der Waals surface area contributed by atoms with Crippen LogP contribution in [0.25, 0.3) is 0 Å². The fraction of sp³-hybridized carbons (Fsp3) is 0.303. The number of hydrogen-bond donors (Lipinski definition) is 3. The van der Waals surface area contributed by atoms with E-state index in [1.165, 1.54) is 0 Å². The first-order chi connectivity index (χ1) is 23.3. The van der Waals surface area contributed by atoms with Gasteiger partial charge in [0.15, 0.2) is 23.2 Å². The van der Waals surface area contributed by atoms with Gasteiger partial charge in [0.2, 0.25) is 17.5 Å². The Balaban J connectivity index is 1.49. The molecule has 0 bridgehead atoms. The van der Waals surface area contributed by atoms with Gasteiger partial charge in [-0.3, -0.25) is 24.0 Å². The molecule has 3 aromatic carbocycles. The summed E-state index contributed by atoms with van der Waals surface area (Å²) in [6.45, 7) is -1.35. The molecule has 1 aliphatic carbocycles. The summed E-state index contributed by atoms with van der Waals surface area (Å²) in [6.07, 6.45) is -0.274. The second-order valence-corrected chi connectivity index (χ2v) is 11.1. The van der Waals surface area contributed by atoms with Crippen molar-refractivity contribution in [3.05, 3.63) is 95.1 Å². The topological polar surface area (TPSA) is 140 Å². The molecule has 0 unspecified atom stereocenters. The number of hydrogen-bond acceptors (Lipinski definition) is 7. The summed E-state index contributed by atoms with van der Waals surface area (Å²) >= 11 is 0. The maximum absolute atomic E-state index is 14.1. The number of Topliss-reactive ketones (excluding diaryl/α,β-unsaturated/α-hetero) is 1. The molecule has 3 amide bonds. The Bertz CT molecular complexity index is 1690. The molecule has 4 rings (SSSR count). The van der Waals surface area contributed by atoms with E-state index >= 15 is 0 Å². The molecule has 1 aliphatic rings. The van der Waals surface area contributed by atoms with Gasteiger partial charge in [0.1, 0.15) is 36.1 Å². The van der Waals surface area contributed by atoms with Gasteiger partial charge in [-0.25, -0.2) is 17.6 Å². The largest absolute Gasteiger partial charge is 0.479 e. The number of nitrogens with one attached hydrogen (secondary N) is 3. The molecule has 260 valence electrons. The number of rotatable bonds is 13. The lowest BCUT2D eigenvalue weighted by Crippen LogP contribution is -2.61. The highest BCUT2D eigenvalue weighted by Crippen LogP contribution is 2.31. The van der Waals surface area contributed by atoms with Crippen LogP contribution in [0, 0.1) is 34.9 Å². The Morgan fingerprint density at radius 1 is 0.776 bits per heavy atom. The van der Waals surface area contributed by atoms with Gasteiger partial charge < -0.3 is 25.4 Å². The monoisotopic (exact) mass is 693 g/mol. The van der Waals surface area contributed by atoms with E-state index in [-0.39, 0.29) is 25.5 Å². The van der Waals surface area contributed by atoms with Crippen molar-refractivity contribution in [3.8, 4) is 5.75 Å². The Kier molecular flexibility index (Phi) is 12.0. The highest BCUT2D eigenvalue weighted by Gasteiger charge is 2.45. The van der Waals surface area contributed by atoms with E-state index < -0.39 is 107 Å². The van der Waals surface area contributed by atoms with Crippen LogP contribution in [-0.4, -0.2) is 47.7 Å². The lowest BCUT2D eigenvalue weighted by molar-refractivity contribution is -0.145. The molecule has 0 aromatic heterocycles. The molecular formula is C33H29F6N3O7. The second kappa shape index (κ2) is 16.1. The van der Waals surface area contributed by atoms with Crippen LogP contribution in [0.4, 0.5) is 32.0 Å². The number of carbonyl (C=O) groups is 5. The molecule has 3 aromatic rings. The number of amides is 3. The SMILES string of the molecule is O=C(CC[C@H](NC(=O)C1(NC(=O)C(=O)Nc2c(F)cccc2F)CCCC1)C(=O)COc1c(F)c(F)cc(F)c1F)OCc1ccccc1. The third kappa shape index (κ3) is 9.15. The van der Waals surface area contributed by atoms with E-state index in [2.05, 4.69) is 10.6 Å². The van der Waals surface area contributed by atoms with Crippen molar-refractivity contribution in [3.63, 3.8) is 0 Å². The minimum absolute atomic E-state index is 0.0402. The zero-order valence-electron chi connectivity index (χ0n) is 25.6. The normalized spacial score (nSPS) is 14.0. The van der Waals surface area contributed by atoms with Gasteiger partial charge >= 0.3 is 17.8 Å². The summed E-state index contributed by atoms with van der Waals surface area (Å²) in [6, 6.07) is 9.56. The average molecular weight is 694 g/mol. The first kappa shape index (κ1) is 36.4. The Labute approximate surface area is 275 Å². The van der Waals surface area contributed by atoms with Crippen LogP contribution in [-0.2, 0) is 35.3 Å². The zero-order chi connectivity index (χ0) is 35.7. The summed E-state index contributed by atoms with van der Waals surface area (Å²) in [4.78, 5) is 64.7. The minimum atomic E-state index is -1.92. The number of benzene rings is 3. The second-order valence-electron chi connectivity index (χ2n) is 11.1. The molecule has 1 saturated carbocycles. The third-order valence-electron chi connectivity index (χ3n) is 7.66. The van der Waals surface area contributed by atoms with Crippen LogP contribution in [0.15, 0.2) is 54.6 Å². The molecule has 0 radical (unpaired) electrons. The van der Waals surface area contributed by atoms with Gasteiger partial charge in [-0.05, 0) is 37.0 Å². The summed E-state index contributed by atoms with van der Waals surface area (Å²) in [5, 5.41) is 6.41. The summed E-state index contributed by atoms with van der Waals surface area (Å²) in [5.41, 5.74) is -2.06. The molecule has 49 heavy (non-hydrogen) atoms. The molecule has 10 nitrogen and oxygen atoms in total. The molecule has 0 aliphatic heterocycles. The van der Waals surface area contributed by atoms with Gasteiger partial charge in [-0.15, -0.1) is 0 Å². The smallest absolute Gasteiger partial charge is 0.313 e. The zero-order valence-corrected chi connectivity index (χ0v) is 25.6. The predicted octanol–water partition coefficient (Wildman–Crippen LogP) is 4.55. The lowest BCUT2D eigenvalue weighted by Gasteiger charge is -2.30. The highest BCUT2D eigenvalue weighted by atomic mass is 19.2. The standard InChI is InChI=1S/C33H29F6N3O7/c34-19-9-6-10-20(35)28(19)41-30(45)31(46)42-33(13-4-5-14-33)32(47)40-23(11-12-25(44)48-16-18-7-2-1-3-8-18)24(43)17-49-29-26(38)21(36)15-22(37)27(29)39/h1-3,6-10,15,23H,4-5,11-14,16-17H2,(H,40,47)(H,41,45)(H,42,46)/t23-/m0/s1. The Morgan fingerprint density at radius 2 is 1.39 bits per heavy atom. The Morgan fingerprint density at radius 3 is 2.00 bits per heavy atom. The number of carbonyl (C=O) groups excluding carboxylic acids is 5. The van der Waals surface area contributed by atoms with Crippen LogP contribution in [0.1, 0.15) is 44.1 Å². The number of ketones is 1. The number of ether oxygens (including phenoxy) is 2. The van der Waals surface area contributed by atoms with Crippen molar-refractivity contribution < 1.29 is 59.8 Å². The maximum atomic E-state index is 14.1. The molecule has 0 spiro atoms. The Hall–Kier alpha value is -5.41. The van der Waals surface area contributed by atoms with Crippen molar-refractivity contribution in [1.82, 2.24) is 10.6 Å². The molecule has 0 heterocycles. The number of halogens is 6. The highest BCUT2D eigenvalue weighted by molar-refractivity contribution is 6.40. The number of para-hydroxylation sites is 1. The molecule has 16 heteroatoms. The third-order valence-corrected chi connectivity index (χ3v) is 7.66. The first-order valence-corrected chi connectivity index (χ1v) is 14.9. The van der Waals surface area contributed by atoms with Crippen molar-refractivity contribution >= 4 is 35.2 Å². The van der Waals surface area contributed by atoms with Crippen LogP contribution >= 0.6 is 0 Å². The van der Waals surface area contributed by atoms with E-state index in [4.69, 9.17) is 9.47 Å². The van der Waals surface area contributed by atoms with Gasteiger partial charge in [0, 0.05) is 12.5 Å². The van der Waals surface area contributed by atoms with Crippen LogP contribution in [0.5, 0.6) is 5.75 Å².